The van der Waals surface area contributed by atoms with Gasteiger partial charge in [-0.2, -0.15) is 0 Å². The van der Waals surface area contributed by atoms with Gasteiger partial charge < -0.3 is 25.4 Å². The maximum Gasteiger partial charge on any atom is 0.286 e. The molecule has 3 rings (SSSR count). The number of nitrogens with zero attached hydrogens (tertiary/aromatic N) is 2. The van der Waals surface area contributed by atoms with Crippen LogP contribution in [0.1, 0.15) is 23.2 Å². The van der Waals surface area contributed by atoms with E-state index in [2.05, 4.69) is 10.2 Å². The van der Waals surface area contributed by atoms with E-state index in [0.29, 0.717) is 18.5 Å². The van der Waals surface area contributed by atoms with E-state index in [0.717, 1.165) is 24.8 Å². The fraction of sp³-hybridized carbons (Fsp3) is 0.333. The Hall–Kier alpha value is -3.82. The molecule has 10 nitrogen and oxygen atoms in total. The van der Waals surface area contributed by atoms with Gasteiger partial charge in [0.1, 0.15) is 5.56 Å². The molecule has 0 unspecified atom stereocenters. The third-order valence-corrected chi connectivity index (χ3v) is 5.33. The Bertz CT molecular complexity index is 984. The molecule has 0 atom stereocenters. The van der Waals surface area contributed by atoms with Crippen LogP contribution in [0.2, 0.25) is 0 Å². The van der Waals surface area contributed by atoms with Crippen molar-refractivity contribution in [1.29, 1.82) is 0 Å². The van der Waals surface area contributed by atoms with E-state index in [1.807, 2.05) is 12.1 Å². The smallest absolute Gasteiger partial charge is 0.286 e. The zero-order valence-corrected chi connectivity index (χ0v) is 17.3. The standard InChI is InChI=1S/C21H24N4O6/c1-30-18-11-16(17(25(28)29)12-19(18)31-2)21(27)23-14-3-5-15(6-4-14)24-9-7-13(8-10-24)20(22)26/h3-6,11-13H,7-10H2,1-2H3,(H2,22,26)(H,23,27). The number of hydrogen-bond donors (Lipinski definition) is 2. The first-order chi connectivity index (χ1) is 14.8. The normalized spacial score (nSPS) is 14.1. The minimum atomic E-state index is -0.643. The molecular formula is C21H24N4O6. The Kier molecular flexibility index (Phi) is 6.58. The van der Waals surface area contributed by atoms with Gasteiger partial charge in [0, 0.05) is 36.4 Å². The summed E-state index contributed by atoms with van der Waals surface area (Å²) in [4.78, 5) is 37.0. The number of nitro groups is 1. The molecule has 1 heterocycles. The maximum atomic E-state index is 12.7. The maximum absolute atomic E-state index is 12.7. The van der Waals surface area contributed by atoms with Crippen LogP contribution in [0.25, 0.3) is 0 Å². The lowest BCUT2D eigenvalue weighted by molar-refractivity contribution is -0.385. The first-order valence-corrected chi connectivity index (χ1v) is 9.70. The summed E-state index contributed by atoms with van der Waals surface area (Å²) in [5, 5.41) is 14.1. The first kappa shape index (κ1) is 21.9. The zero-order valence-electron chi connectivity index (χ0n) is 17.3. The van der Waals surface area contributed by atoms with Gasteiger partial charge in [-0.3, -0.25) is 19.7 Å². The quantitative estimate of drug-likeness (QED) is 0.511. The summed E-state index contributed by atoms with van der Waals surface area (Å²) in [6, 6.07) is 9.59. The van der Waals surface area contributed by atoms with Gasteiger partial charge in [-0.1, -0.05) is 0 Å². The molecule has 1 aliphatic heterocycles. The number of nitrogens with one attached hydrogen (secondary N) is 1. The van der Waals surface area contributed by atoms with E-state index in [-0.39, 0.29) is 34.6 Å². The van der Waals surface area contributed by atoms with Gasteiger partial charge in [-0.15, -0.1) is 0 Å². The minimum absolute atomic E-state index is 0.0907. The lowest BCUT2D eigenvalue weighted by atomic mass is 9.96. The molecule has 164 valence electrons. The highest BCUT2D eigenvalue weighted by atomic mass is 16.6. The van der Waals surface area contributed by atoms with Crippen LogP contribution < -0.4 is 25.4 Å². The second kappa shape index (κ2) is 9.33. The van der Waals surface area contributed by atoms with Crippen LogP contribution in [0.5, 0.6) is 11.5 Å². The second-order valence-corrected chi connectivity index (χ2v) is 7.15. The molecule has 0 spiro atoms. The summed E-state index contributed by atoms with van der Waals surface area (Å²) in [5.74, 6) is -0.611. The summed E-state index contributed by atoms with van der Waals surface area (Å²) >= 11 is 0. The Morgan fingerprint density at radius 2 is 1.68 bits per heavy atom. The number of nitrogens with two attached hydrogens (primary N) is 1. The Labute approximate surface area is 179 Å². The average molecular weight is 428 g/mol. The van der Waals surface area contributed by atoms with Crippen LogP contribution >= 0.6 is 0 Å². The number of rotatable bonds is 7. The van der Waals surface area contributed by atoms with Crippen molar-refractivity contribution in [1.82, 2.24) is 0 Å². The predicted octanol–water partition coefficient (Wildman–Crippen LogP) is 2.57. The van der Waals surface area contributed by atoms with E-state index in [4.69, 9.17) is 15.2 Å². The van der Waals surface area contributed by atoms with E-state index in [1.54, 1.807) is 12.1 Å². The van der Waals surface area contributed by atoms with E-state index >= 15 is 0 Å². The molecule has 1 saturated heterocycles. The highest BCUT2D eigenvalue weighted by Crippen LogP contribution is 2.35. The third kappa shape index (κ3) is 4.85. The van der Waals surface area contributed by atoms with Crippen LogP contribution in [-0.2, 0) is 4.79 Å². The fourth-order valence-corrected chi connectivity index (χ4v) is 3.58. The molecule has 1 aliphatic rings. The van der Waals surface area contributed by atoms with Crippen LogP contribution in [-0.4, -0.2) is 44.0 Å². The minimum Gasteiger partial charge on any atom is -0.493 e. The SMILES string of the molecule is COc1cc(C(=O)Nc2ccc(N3CCC(C(N)=O)CC3)cc2)c([N+](=O)[O-])cc1OC. The lowest BCUT2D eigenvalue weighted by Crippen LogP contribution is -2.38. The van der Waals surface area contributed by atoms with E-state index in [1.165, 1.54) is 20.3 Å². The van der Waals surface area contributed by atoms with Crippen molar-refractivity contribution >= 4 is 28.9 Å². The number of primary amides is 1. The number of anilines is 2. The summed E-state index contributed by atoms with van der Waals surface area (Å²) in [6.07, 6.45) is 1.41. The number of nitro benzene ring substituents is 1. The zero-order chi connectivity index (χ0) is 22.5. The van der Waals surface area contributed by atoms with Crippen molar-refractivity contribution < 1.29 is 24.0 Å². The number of piperidine rings is 1. The fourth-order valence-electron chi connectivity index (χ4n) is 3.58. The number of amides is 2. The molecule has 0 radical (unpaired) electrons. The van der Waals surface area contributed by atoms with Crippen molar-refractivity contribution in [3.8, 4) is 11.5 Å². The molecule has 0 aromatic heterocycles. The molecule has 3 N–H and O–H groups in total. The van der Waals surface area contributed by atoms with Gasteiger partial charge in [0.25, 0.3) is 11.6 Å². The average Bonchev–Trinajstić information content (AvgIpc) is 2.78. The third-order valence-electron chi connectivity index (χ3n) is 5.33. The van der Waals surface area contributed by atoms with Crippen LogP contribution in [0, 0.1) is 16.0 Å². The van der Waals surface area contributed by atoms with Gasteiger partial charge in [0.2, 0.25) is 5.91 Å². The Morgan fingerprint density at radius 3 is 2.19 bits per heavy atom. The molecule has 0 aliphatic carbocycles. The predicted molar refractivity (Wildman–Crippen MR) is 115 cm³/mol. The van der Waals surface area contributed by atoms with Gasteiger partial charge >= 0.3 is 0 Å². The number of carbonyl (C=O) groups excluding carboxylic acids is 2. The molecule has 2 aromatic rings. The molecule has 0 bridgehead atoms. The Balaban J connectivity index is 1.74. The van der Waals surface area contributed by atoms with E-state index < -0.39 is 10.8 Å². The number of ether oxygens (including phenoxy) is 2. The number of methoxy groups -OCH3 is 2. The molecular weight excluding hydrogens is 404 g/mol. The number of hydrogen-bond acceptors (Lipinski definition) is 7. The van der Waals surface area contributed by atoms with Gasteiger partial charge in [0.05, 0.1) is 25.2 Å². The second-order valence-electron chi connectivity index (χ2n) is 7.15. The van der Waals surface area contributed by atoms with Crippen molar-refractivity contribution in [2.75, 3.05) is 37.5 Å². The van der Waals surface area contributed by atoms with Gasteiger partial charge in [-0.05, 0) is 37.1 Å². The topological polar surface area (TPSA) is 137 Å². The van der Waals surface area contributed by atoms with E-state index in [9.17, 15) is 19.7 Å². The van der Waals surface area contributed by atoms with Crippen molar-refractivity contribution in [3.63, 3.8) is 0 Å². The molecule has 1 fully saturated rings. The summed E-state index contributed by atoms with van der Waals surface area (Å²) in [6.45, 7) is 1.44. The van der Waals surface area contributed by atoms with Crippen molar-refractivity contribution in [3.05, 3.63) is 52.1 Å². The van der Waals surface area contributed by atoms with Crippen LogP contribution in [0.4, 0.5) is 17.1 Å². The highest BCUT2D eigenvalue weighted by Gasteiger charge is 2.25. The summed E-state index contributed by atoms with van der Waals surface area (Å²) in [7, 11) is 2.75. The highest BCUT2D eigenvalue weighted by molar-refractivity contribution is 6.07. The number of benzene rings is 2. The summed E-state index contributed by atoms with van der Waals surface area (Å²) < 4.78 is 10.2. The van der Waals surface area contributed by atoms with Crippen LogP contribution in [0.3, 0.4) is 0 Å². The van der Waals surface area contributed by atoms with Crippen molar-refractivity contribution in [2.24, 2.45) is 11.7 Å². The molecule has 2 aromatic carbocycles. The van der Waals surface area contributed by atoms with Crippen molar-refractivity contribution in [2.45, 2.75) is 12.8 Å². The number of carbonyl (C=O) groups is 2. The van der Waals surface area contributed by atoms with Gasteiger partial charge in [0.15, 0.2) is 11.5 Å². The Morgan fingerprint density at radius 1 is 1.10 bits per heavy atom. The van der Waals surface area contributed by atoms with Gasteiger partial charge in [-0.25, -0.2) is 0 Å². The van der Waals surface area contributed by atoms with Crippen LogP contribution in [0.15, 0.2) is 36.4 Å². The largest absolute Gasteiger partial charge is 0.493 e. The molecule has 0 saturated carbocycles. The molecule has 31 heavy (non-hydrogen) atoms. The molecule has 2 amide bonds. The first-order valence-electron chi connectivity index (χ1n) is 9.70. The monoisotopic (exact) mass is 428 g/mol. The summed E-state index contributed by atoms with van der Waals surface area (Å²) in [5.41, 5.74) is 6.30. The molecule has 10 heteroatoms. The lowest BCUT2D eigenvalue weighted by Gasteiger charge is -2.32.